The van der Waals surface area contributed by atoms with E-state index in [1.165, 1.54) is 0 Å². The Morgan fingerprint density at radius 3 is 2.41 bits per heavy atom. The minimum atomic E-state index is -0.836. The van der Waals surface area contributed by atoms with Gasteiger partial charge in [0.2, 0.25) is 0 Å². The lowest BCUT2D eigenvalue weighted by Gasteiger charge is -2.11. The van der Waals surface area contributed by atoms with Gasteiger partial charge in [-0.3, -0.25) is 4.79 Å². The third kappa shape index (κ3) is 2.75. The molecule has 0 atom stereocenters. The summed E-state index contributed by atoms with van der Waals surface area (Å²) in [5.74, 6) is -0.836. The zero-order valence-electron chi connectivity index (χ0n) is 9.27. The number of aliphatic carboxylic acids is 1. The molecule has 0 aromatic heterocycles. The van der Waals surface area contributed by atoms with Gasteiger partial charge in [0, 0.05) is 12.2 Å². The molecule has 0 bridgehead atoms. The van der Waals surface area contributed by atoms with Gasteiger partial charge in [-0.1, -0.05) is 18.2 Å². The van der Waals surface area contributed by atoms with Crippen LogP contribution in [0.15, 0.2) is 30.3 Å². The van der Waals surface area contributed by atoms with Crippen molar-refractivity contribution in [1.82, 2.24) is 5.32 Å². The summed E-state index contributed by atoms with van der Waals surface area (Å²) < 4.78 is 0. The van der Waals surface area contributed by atoms with Crippen LogP contribution in [0.1, 0.15) is 12.8 Å². The minimum absolute atomic E-state index is 0.182. The van der Waals surface area contributed by atoms with Gasteiger partial charge in [0.1, 0.15) is 0 Å². The minimum Gasteiger partial charge on any atom is -0.481 e. The van der Waals surface area contributed by atoms with E-state index in [0.29, 0.717) is 18.5 Å². The number of hydrogen-bond donors (Lipinski definition) is 3. The van der Waals surface area contributed by atoms with Gasteiger partial charge in [-0.05, 0) is 25.0 Å². The van der Waals surface area contributed by atoms with Crippen LogP contribution in [0, 0.1) is 5.41 Å². The lowest BCUT2D eigenvalue weighted by Crippen LogP contribution is -2.36. The quantitative estimate of drug-likeness (QED) is 0.741. The standard InChI is InChI=1S/C12H14N2O3/c15-10(16)12(6-7-12)8-13-11(17)14-9-4-2-1-3-5-9/h1-5H,6-8H2,(H,15,16)(H2,13,14,17). The smallest absolute Gasteiger partial charge is 0.319 e. The first kappa shape index (κ1) is 11.4. The van der Waals surface area contributed by atoms with Crippen LogP contribution in [0.5, 0.6) is 0 Å². The molecular weight excluding hydrogens is 220 g/mol. The number of carbonyl (C=O) groups is 2. The molecule has 3 N–H and O–H groups in total. The summed E-state index contributed by atoms with van der Waals surface area (Å²) >= 11 is 0. The number of benzene rings is 1. The van der Waals surface area contributed by atoms with E-state index in [1.807, 2.05) is 18.2 Å². The molecule has 2 rings (SSSR count). The summed E-state index contributed by atoms with van der Waals surface area (Å²) in [6.07, 6.45) is 1.27. The number of hydrogen-bond acceptors (Lipinski definition) is 2. The number of carbonyl (C=O) groups excluding carboxylic acids is 1. The second-order valence-corrected chi connectivity index (χ2v) is 4.26. The Bertz CT molecular complexity index is 427. The number of carboxylic acids is 1. The van der Waals surface area contributed by atoms with Crippen molar-refractivity contribution in [2.45, 2.75) is 12.8 Å². The van der Waals surface area contributed by atoms with Crippen LogP contribution in [-0.4, -0.2) is 23.7 Å². The summed E-state index contributed by atoms with van der Waals surface area (Å²) in [6.45, 7) is 0.182. The van der Waals surface area contributed by atoms with Crippen molar-refractivity contribution in [3.05, 3.63) is 30.3 Å². The van der Waals surface area contributed by atoms with E-state index in [0.717, 1.165) is 0 Å². The molecule has 0 saturated heterocycles. The first-order valence-corrected chi connectivity index (χ1v) is 5.46. The average molecular weight is 234 g/mol. The van der Waals surface area contributed by atoms with E-state index in [2.05, 4.69) is 10.6 Å². The number of carboxylic acid groups (broad SMARTS) is 1. The fraction of sp³-hybridized carbons (Fsp3) is 0.333. The van der Waals surface area contributed by atoms with Gasteiger partial charge in [0.25, 0.3) is 0 Å². The van der Waals surface area contributed by atoms with Crippen molar-refractivity contribution < 1.29 is 14.7 Å². The number of amides is 2. The Kier molecular flexibility index (Phi) is 2.99. The maximum Gasteiger partial charge on any atom is 0.319 e. The number of rotatable bonds is 4. The second-order valence-electron chi connectivity index (χ2n) is 4.26. The summed E-state index contributed by atoms with van der Waals surface area (Å²) in [5.41, 5.74) is -0.0428. The van der Waals surface area contributed by atoms with E-state index in [9.17, 15) is 9.59 Å². The van der Waals surface area contributed by atoms with E-state index in [1.54, 1.807) is 12.1 Å². The molecule has 5 heteroatoms. The van der Waals surface area contributed by atoms with Crippen molar-refractivity contribution in [2.75, 3.05) is 11.9 Å². The fourth-order valence-electron chi connectivity index (χ4n) is 1.56. The molecule has 90 valence electrons. The van der Waals surface area contributed by atoms with Gasteiger partial charge in [-0.15, -0.1) is 0 Å². The second kappa shape index (κ2) is 4.45. The molecule has 1 aromatic rings. The zero-order valence-corrected chi connectivity index (χ0v) is 9.27. The van der Waals surface area contributed by atoms with Crippen LogP contribution in [0.2, 0.25) is 0 Å². The van der Waals surface area contributed by atoms with Crippen molar-refractivity contribution in [2.24, 2.45) is 5.41 Å². The van der Waals surface area contributed by atoms with Crippen molar-refractivity contribution in [3.8, 4) is 0 Å². The van der Waals surface area contributed by atoms with Gasteiger partial charge in [0.15, 0.2) is 0 Å². The topological polar surface area (TPSA) is 78.4 Å². The van der Waals surface area contributed by atoms with Crippen LogP contribution in [0.3, 0.4) is 0 Å². The average Bonchev–Trinajstić information content (AvgIpc) is 3.09. The van der Waals surface area contributed by atoms with Crippen LogP contribution in [-0.2, 0) is 4.79 Å². The Balaban J connectivity index is 1.81. The predicted molar refractivity (Wildman–Crippen MR) is 62.8 cm³/mol. The number of anilines is 1. The number of nitrogens with one attached hydrogen (secondary N) is 2. The van der Waals surface area contributed by atoms with Crippen molar-refractivity contribution >= 4 is 17.7 Å². The number of para-hydroxylation sites is 1. The van der Waals surface area contributed by atoms with Gasteiger partial charge >= 0.3 is 12.0 Å². The van der Waals surface area contributed by atoms with Crippen LogP contribution >= 0.6 is 0 Å². The molecular formula is C12H14N2O3. The molecule has 2 amide bonds. The Morgan fingerprint density at radius 2 is 1.88 bits per heavy atom. The predicted octanol–water partition coefficient (Wildman–Crippen LogP) is 1.67. The molecule has 1 saturated carbocycles. The van der Waals surface area contributed by atoms with Crippen LogP contribution < -0.4 is 10.6 Å². The van der Waals surface area contributed by atoms with Crippen molar-refractivity contribution in [1.29, 1.82) is 0 Å². The summed E-state index contributed by atoms with van der Waals surface area (Å²) in [4.78, 5) is 22.4. The molecule has 1 aromatic carbocycles. The molecule has 17 heavy (non-hydrogen) atoms. The lowest BCUT2D eigenvalue weighted by molar-refractivity contribution is -0.143. The lowest BCUT2D eigenvalue weighted by atomic mass is 10.1. The first-order valence-electron chi connectivity index (χ1n) is 5.46. The summed E-state index contributed by atoms with van der Waals surface area (Å²) in [7, 11) is 0. The van der Waals surface area contributed by atoms with Gasteiger partial charge in [-0.2, -0.15) is 0 Å². The summed E-state index contributed by atoms with van der Waals surface area (Å²) in [6, 6.07) is 8.65. The molecule has 0 spiro atoms. The Labute approximate surface area is 98.8 Å². The van der Waals surface area contributed by atoms with E-state index in [4.69, 9.17) is 5.11 Å². The van der Waals surface area contributed by atoms with E-state index >= 15 is 0 Å². The highest BCUT2D eigenvalue weighted by atomic mass is 16.4. The SMILES string of the molecule is O=C(NCC1(C(=O)O)CC1)Nc1ccccc1. The maximum atomic E-state index is 11.5. The zero-order chi connectivity index (χ0) is 12.3. The fourth-order valence-corrected chi connectivity index (χ4v) is 1.56. The molecule has 0 unspecified atom stereocenters. The number of urea groups is 1. The van der Waals surface area contributed by atoms with E-state index in [-0.39, 0.29) is 12.6 Å². The van der Waals surface area contributed by atoms with Crippen LogP contribution in [0.25, 0.3) is 0 Å². The van der Waals surface area contributed by atoms with Gasteiger partial charge in [-0.25, -0.2) is 4.79 Å². The molecule has 0 aliphatic heterocycles. The molecule has 0 heterocycles. The molecule has 5 nitrogen and oxygen atoms in total. The highest BCUT2D eigenvalue weighted by Crippen LogP contribution is 2.45. The highest BCUT2D eigenvalue weighted by molar-refractivity contribution is 5.89. The largest absolute Gasteiger partial charge is 0.481 e. The van der Waals surface area contributed by atoms with Crippen molar-refractivity contribution in [3.63, 3.8) is 0 Å². The summed E-state index contributed by atoms with van der Waals surface area (Å²) in [5, 5.41) is 14.2. The first-order chi connectivity index (χ1) is 8.12. The third-order valence-electron chi connectivity index (χ3n) is 2.93. The molecule has 1 aliphatic rings. The molecule has 1 aliphatic carbocycles. The normalized spacial score (nSPS) is 16.0. The molecule has 0 radical (unpaired) electrons. The Hall–Kier alpha value is -2.04. The van der Waals surface area contributed by atoms with Crippen LogP contribution in [0.4, 0.5) is 10.5 Å². The van der Waals surface area contributed by atoms with Gasteiger partial charge in [0.05, 0.1) is 5.41 Å². The van der Waals surface area contributed by atoms with Gasteiger partial charge < -0.3 is 15.7 Å². The molecule has 1 fully saturated rings. The maximum absolute atomic E-state index is 11.5. The van der Waals surface area contributed by atoms with E-state index < -0.39 is 11.4 Å². The highest BCUT2D eigenvalue weighted by Gasteiger charge is 2.50. The monoisotopic (exact) mass is 234 g/mol. The third-order valence-corrected chi connectivity index (χ3v) is 2.93. The Morgan fingerprint density at radius 1 is 1.24 bits per heavy atom.